The van der Waals surface area contributed by atoms with Crippen LogP contribution in [0.3, 0.4) is 0 Å². The first-order chi connectivity index (χ1) is 9.91. The molecule has 114 valence electrons. The summed E-state index contributed by atoms with van der Waals surface area (Å²) in [5, 5.41) is 0. The number of rotatable bonds is 14. The molecule has 0 atom stereocenters. The predicted octanol–water partition coefficient (Wildman–Crippen LogP) is 6.72. The average molecular weight is 275 g/mol. The molecule has 0 bridgehead atoms. The second-order valence-electron chi connectivity index (χ2n) is 5.47. The first-order valence-electron chi connectivity index (χ1n) is 8.55. The smallest absolute Gasteiger partial charge is 0.214 e. The number of nitrogens with zero attached hydrogens (tertiary/aromatic N) is 1. The molecular formula is C19H33N. The highest BCUT2D eigenvalue weighted by atomic mass is 14.6. The lowest BCUT2D eigenvalue weighted by Crippen LogP contribution is -1.81. The van der Waals surface area contributed by atoms with E-state index in [0.717, 1.165) is 12.8 Å². The maximum Gasteiger partial charge on any atom is 0.214 e. The number of allylic oxidation sites excluding steroid dienone is 4. The van der Waals surface area contributed by atoms with E-state index >= 15 is 0 Å². The van der Waals surface area contributed by atoms with Gasteiger partial charge in [-0.25, -0.2) is 6.57 Å². The lowest BCUT2D eigenvalue weighted by molar-refractivity contribution is 0.608. The van der Waals surface area contributed by atoms with Crippen LogP contribution in [-0.2, 0) is 0 Å². The maximum atomic E-state index is 6.70. The SMILES string of the molecule is [C-]#[N+]CCCCCCCCC=CCC=CCCCCC. The molecule has 0 amide bonds. The van der Waals surface area contributed by atoms with E-state index < -0.39 is 0 Å². The van der Waals surface area contributed by atoms with E-state index in [1.807, 2.05) is 0 Å². The number of hydrogen-bond acceptors (Lipinski definition) is 0. The predicted molar refractivity (Wildman–Crippen MR) is 90.8 cm³/mol. The fourth-order valence-corrected chi connectivity index (χ4v) is 2.18. The minimum Gasteiger partial charge on any atom is -0.317 e. The topological polar surface area (TPSA) is 4.36 Å². The second kappa shape index (κ2) is 18.0. The Bertz CT molecular complexity index is 270. The Morgan fingerprint density at radius 1 is 0.700 bits per heavy atom. The monoisotopic (exact) mass is 275 g/mol. The van der Waals surface area contributed by atoms with E-state index in [9.17, 15) is 0 Å². The summed E-state index contributed by atoms with van der Waals surface area (Å²) in [5.74, 6) is 0. The second-order valence-corrected chi connectivity index (χ2v) is 5.47. The van der Waals surface area contributed by atoms with Gasteiger partial charge in [0.1, 0.15) is 0 Å². The Hall–Kier alpha value is -1.03. The minimum atomic E-state index is 0.717. The summed E-state index contributed by atoms with van der Waals surface area (Å²) in [6.07, 6.45) is 24.5. The Balaban J connectivity index is 3.14. The molecule has 0 saturated heterocycles. The summed E-state index contributed by atoms with van der Waals surface area (Å²) in [7, 11) is 0. The fourth-order valence-electron chi connectivity index (χ4n) is 2.18. The van der Waals surface area contributed by atoms with E-state index in [1.54, 1.807) is 0 Å². The molecular weight excluding hydrogens is 242 g/mol. The summed E-state index contributed by atoms with van der Waals surface area (Å²) in [6.45, 7) is 9.66. The third-order valence-corrected chi connectivity index (χ3v) is 3.47. The van der Waals surface area contributed by atoms with Crippen LogP contribution in [-0.4, -0.2) is 6.54 Å². The van der Waals surface area contributed by atoms with Crippen molar-refractivity contribution in [2.45, 2.75) is 84.0 Å². The quantitative estimate of drug-likeness (QED) is 0.188. The van der Waals surface area contributed by atoms with Crippen LogP contribution in [0.1, 0.15) is 84.0 Å². The van der Waals surface area contributed by atoms with Gasteiger partial charge >= 0.3 is 0 Å². The molecule has 0 unspecified atom stereocenters. The molecule has 1 heteroatoms. The van der Waals surface area contributed by atoms with Gasteiger partial charge in [-0.05, 0) is 38.5 Å². The zero-order chi connectivity index (χ0) is 14.7. The van der Waals surface area contributed by atoms with Crippen molar-refractivity contribution in [3.8, 4) is 0 Å². The molecule has 0 aromatic carbocycles. The fraction of sp³-hybridized carbons (Fsp3) is 0.737. The summed E-state index contributed by atoms with van der Waals surface area (Å²) >= 11 is 0. The zero-order valence-corrected chi connectivity index (χ0v) is 13.4. The third-order valence-electron chi connectivity index (χ3n) is 3.47. The molecule has 0 radical (unpaired) electrons. The number of unbranched alkanes of at least 4 members (excludes halogenated alkanes) is 9. The van der Waals surface area contributed by atoms with Crippen LogP contribution in [0, 0.1) is 6.57 Å². The first-order valence-corrected chi connectivity index (χ1v) is 8.55. The van der Waals surface area contributed by atoms with Gasteiger partial charge in [0.2, 0.25) is 6.54 Å². The summed E-state index contributed by atoms with van der Waals surface area (Å²) in [5.41, 5.74) is 0. The molecule has 0 saturated carbocycles. The van der Waals surface area contributed by atoms with Crippen LogP contribution in [0.2, 0.25) is 0 Å². The molecule has 20 heavy (non-hydrogen) atoms. The van der Waals surface area contributed by atoms with Gasteiger partial charge in [-0.3, -0.25) is 0 Å². The third kappa shape index (κ3) is 17.0. The van der Waals surface area contributed by atoms with E-state index in [4.69, 9.17) is 6.57 Å². The summed E-state index contributed by atoms with van der Waals surface area (Å²) in [4.78, 5) is 3.37. The Kier molecular flexibility index (Phi) is 17.0. The average Bonchev–Trinajstić information content (AvgIpc) is 2.47. The van der Waals surface area contributed by atoms with E-state index in [1.165, 1.54) is 64.2 Å². The highest BCUT2D eigenvalue weighted by Crippen LogP contribution is 2.08. The molecule has 1 nitrogen and oxygen atoms in total. The molecule has 0 rings (SSSR count). The van der Waals surface area contributed by atoms with Gasteiger partial charge in [0, 0.05) is 6.42 Å². The molecule has 0 fully saturated rings. The van der Waals surface area contributed by atoms with Crippen LogP contribution in [0.4, 0.5) is 0 Å². The lowest BCUT2D eigenvalue weighted by atomic mass is 10.1. The molecule has 0 aliphatic rings. The lowest BCUT2D eigenvalue weighted by Gasteiger charge is -1.97. The molecule has 0 spiro atoms. The van der Waals surface area contributed by atoms with Crippen LogP contribution < -0.4 is 0 Å². The summed E-state index contributed by atoms with van der Waals surface area (Å²) < 4.78 is 0. The van der Waals surface area contributed by atoms with Crippen LogP contribution in [0.5, 0.6) is 0 Å². The normalized spacial score (nSPS) is 11.4. The molecule has 0 heterocycles. The van der Waals surface area contributed by atoms with Gasteiger partial charge in [-0.1, -0.05) is 63.3 Å². The molecule has 0 aliphatic carbocycles. The van der Waals surface area contributed by atoms with Crippen LogP contribution >= 0.6 is 0 Å². The highest BCUT2D eigenvalue weighted by Gasteiger charge is 1.91. The maximum absolute atomic E-state index is 6.70. The van der Waals surface area contributed by atoms with Gasteiger partial charge in [-0.15, -0.1) is 0 Å². The van der Waals surface area contributed by atoms with Crippen molar-refractivity contribution in [3.63, 3.8) is 0 Å². The zero-order valence-electron chi connectivity index (χ0n) is 13.4. The van der Waals surface area contributed by atoms with Crippen molar-refractivity contribution in [1.82, 2.24) is 0 Å². The first kappa shape index (κ1) is 19.0. The number of hydrogen-bond donors (Lipinski definition) is 0. The standard InChI is InChI=1S/C19H33N/c1-3-4-5-6-7-8-9-10-11-12-13-14-15-16-17-18-19-20-2/h7-8,10-11H,3-6,9,12-19H2,1H3. The van der Waals surface area contributed by atoms with Crippen LogP contribution in [0.25, 0.3) is 4.85 Å². The Morgan fingerprint density at radius 3 is 1.85 bits per heavy atom. The van der Waals surface area contributed by atoms with Crippen molar-refractivity contribution >= 4 is 0 Å². The van der Waals surface area contributed by atoms with Crippen molar-refractivity contribution in [2.24, 2.45) is 0 Å². The molecule has 0 aromatic rings. The largest absolute Gasteiger partial charge is 0.317 e. The van der Waals surface area contributed by atoms with Gasteiger partial charge in [0.15, 0.2) is 0 Å². The van der Waals surface area contributed by atoms with Crippen molar-refractivity contribution in [3.05, 3.63) is 35.7 Å². The van der Waals surface area contributed by atoms with Gasteiger partial charge in [-0.2, -0.15) is 0 Å². The summed E-state index contributed by atoms with van der Waals surface area (Å²) in [6, 6.07) is 0. The van der Waals surface area contributed by atoms with Gasteiger partial charge in [0.05, 0.1) is 0 Å². The van der Waals surface area contributed by atoms with Gasteiger partial charge < -0.3 is 4.85 Å². The van der Waals surface area contributed by atoms with Gasteiger partial charge in [0.25, 0.3) is 0 Å². The van der Waals surface area contributed by atoms with Crippen LogP contribution in [0.15, 0.2) is 24.3 Å². The van der Waals surface area contributed by atoms with Crippen molar-refractivity contribution in [2.75, 3.05) is 6.54 Å². The highest BCUT2D eigenvalue weighted by molar-refractivity contribution is 4.92. The Morgan fingerprint density at radius 2 is 1.25 bits per heavy atom. The Labute approximate surface area is 127 Å². The molecule has 0 aromatic heterocycles. The minimum absolute atomic E-state index is 0.717. The van der Waals surface area contributed by atoms with Crippen molar-refractivity contribution < 1.29 is 0 Å². The van der Waals surface area contributed by atoms with E-state index in [0.29, 0.717) is 6.54 Å². The van der Waals surface area contributed by atoms with Crippen molar-refractivity contribution in [1.29, 1.82) is 0 Å². The van der Waals surface area contributed by atoms with E-state index in [2.05, 4.69) is 36.1 Å². The molecule has 0 N–H and O–H groups in total. The molecule has 0 aliphatic heterocycles. The van der Waals surface area contributed by atoms with E-state index in [-0.39, 0.29) is 0 Å².